The van der Waals surface area contributed by atoms with Crippen molar-refractivity contribution in [2.24, 2.45) is 4.99 Å². The standard InChI is InChI=1S/C14H23N3OS.HI/c1-3-15-13(16-10-12-6-4-8-18-12)17-11-14(2)7-5-9-19-14;/h4,6,8H,3,5,7,9-11H2,1-2H3,(H2,15,16,17);1H. The van der Waals surface area contributed by atoms with E-state index in [1.54, 1.807) is 6.26 Å². The third-order valence-corrected chi connectivity index (χ3v) is 4.79. The molecular weight excluding hydrogens is 385 g/mol. The first-order valence-electron chi connectivity index (χ1n) is 6.90. The smallest absolute Gasteiger partial charge is 0.191 e. The third-order valence-electron chi connectivity index (χ3n) is 3.25. The van der Waals surface area contributed by atoms with Crippen molar-refractivity contribution in [2.75, 3.05) is 18.8 Å². The van der Waals surface area contributed by atoms with E-state index in [0.29, 0.717) is 11.3 Å². The highest BCUT2D eigenvalue weighted by Crippen LogP contribution is 2.36. The monoisotopic (exact) mass is 409 g/mol. The lowest BCUT2D eigenvalue weighted by atomic mass is 10.1. The maximum atomic E-state index is 5.29. The van der Waals surface area contributed by atoms with Gasteiger partial charge in [-0.3, -0.25) is 0 Å². The lowest BCUT2D eigenvalue weighted by Gasteiger charge is -2.24. The zero-order valence-electron chi connectivity index (χ0n) is 12.1. The highest BCUT2D eigenvalue weighted by atomic mass is 127. The van der Waals surface area contributed by atoms with Gasteiger partial charge in [-0.2, -0.15) is 11.8 Å². The van der Waals surface area contributed by atoms with Gasteiger partial charge >= 0.3 is 0 Å². The van der Waals surface area contributed by atoms with E-state index in [0.717, 1.165) is 24.8 Å². The van der Waals surface area contributed by atoms with E-state index in [9.17, 15) is 0 Å². The Kier molecular flexibility index (Phi) is 7.79. The van der Waals surface area contributed by atoms with Gasteiger partial charge in [0.15, 0.2) is 5.96 Å². The third kappa shape index (κ3) is 5.55. The summed E-state index contributed by atoms with van der Waals surface area (Å²) in [6.45, 7) is 6.81. The van der Waals surface area contributed by atoms with Crippen molar-refractivity contribution in [3.05, 3.63) is 24.2 Å². The molecule has 0 aliphatic carbocycles. The van der Waals surface area contributed by atoms with Crippen LogP contribution in [0.25, 0.3) is 0 Å². The molecule has 1 saturated heterocycles. The molecule has 2 heterocycles. The lowest BCUT2D eigenvalue weighted by Crippen LogP contribution is -2.43. The summed E-state index contributed by atoms with van der Waals surface area (Å²) >= 11 is 2.06. The molecule has 0 radical (unpaired) electrons. The Hall–Kier alpha value is -0.370. The largest absolute Gasteiger partial charge is 0.467 e. The van der Waals surface area contributed by atoms with Crippen LogP contribution in [0.1, 0.15) is 32.4 Å². The minimum Gasteiger partial charge on any atom is -0.467 e. The summed E-state index contributed by atoms with van der Waals surface area (Å²) in [5.41, 5.74) is 0. The Morgan fingerprint density at radius 1 is 1.50 bits per heavy atom. The molecule has 1 unspecified atom stereocenters. The number of hydrogen-bond donors (Lipinski definition) is 2. The number of guanidine groups is 1. The normalized spacial score (nSPS) is 22.4. The van der Waals surface area contributed by atoms with Crippen molar-refractivity contribution < 1.29 is 4.42 Å². The summed E-state index contributed by atoms with van der Waals surface area (Å²) in [6.07, 6.45) is 4.28. The van der Waals surface area contributed by atoms with Crippen molar-refractivity contribution in [3.63, 3.8) is 0 Å². The van der Waals surface area contributed by atoms with Crippen molar-refractivity contribution in [2.45, 2.75) is 38.0 Å². The van der Waals surface area contributed by atoms with Crippen LogP contribution < -0.4 is 10.6 Å². The van der Waals surface area contributed by atoms with Crippen LogP contribution in [0.3, 0.4) is 0 Å². The molecule has 0 aromatic carbocycles. The summed E-state index contributed by atoms with van der Waals surface area (Å²) in [7, 11) is 0. The number of thioether (sulfide) groups is 1. The van der Waals surface area contributed by atoms with Crippen LogP contribution >= 0.6 is 35.7 Å². The van der Waals surface area contributed by atoms with E-state index < -0.39 is 0 Å². The number of hydrogen-bond acceptors (Lipinski definition) is 3. The summed E-state index contributed by atoms with van der Waals surface area (Å²) in [6, 6.07) is 3.84. The molecule has 0 bridgehead atoms. The van der Waals surface area contributed by atoms with Crippen molar-refractivity contribution in [1.82, 2.24) is 10.6 Å². The second kappa shape index (κ2) is 8.81. The molecule has 0 spiro atoms. The van der Waals surface area contributed by atoms with E-state index in [2.05, 4.69) is 41.2 Å². The number of nitrogens with one attached hydrogen (secondary N) is 2. The Morgan fingerprint density at radius 3 is 2.95 bits per heavy atom. The van der Waals surface area contributed by atoms with Gasteiger partial charge in [0.2, 0.25) is 0 Å². The molecule has 2 N–H and O–H groups in total. The SMILES string of the molecule is CCNC(=NCc1ccco1)NCC1(C)CCCS1.I. The minimum absolute atomic E-state index is 0. The van der Waals surface area contributed by atoms with E-state index in [1.165, 1.54) is 18.6 Å². The summed E-state index contributed by atoms with van der Waals surface area (Å²) < 4.78 is 5.64. The first-order chi connectivity index (χ1) is 9.22. The lowest BCUT2D eigenvalue weighted by molar-refractivity contribution is 0.511. The average molecular weight is 409 g/mol. The number of nitrogens with zero attached hydrogens (tertiary/aromatic N) is 1. The molecule has 0 saturated carbocycles. The Labute approximate surface area is 142 Å². The number of halogens is 1. The summed E-state index contributed by atoms with van der Waals surface area (Å²) in [5.74, 6) is 3.03. The quantitative estimate of drug-likeness (QED) is 0.446. The predicted octanol–water partition coefficient (Wildman–Crippen LogP) is 3.24. The van der Waals surface area contributed by atoms with Gasteiger partial charge in [0, 0.05) is 17.8 Å². The second-order valence-electron chi connectivity index (χ2n) is 5.03. The van der Waals surface area contributed by atoms with E-state index in [1.807, 2.05) is 12.1 Å². The first-order valence-corrected chi connectivity index (χ1v) is 7.89. The van der Waals surface area contributed by atoms with Crippen LogP contribution in [0.4, 0.5) is 0 Å². The molecule has 114 valence electrons. The highest BCUT2D eigenvalue weighted by Gasteiger charge is 2.29. The van der Waals surface area contributed by atoms with Gasteiger partial charge < -0.3 is 15.1 Å². The van der Waals surface area contributed by atoms with Crippen LogP contribution in [-0.2, 0) is 6.54 Å². The molecule has 1 fully saturated rings. The van der Waals surface area contributed by atoms with E-state index in [-0.39, 0.29) is 24.0 Å². The van der Waals surface area contributed by atoms with Gasteiger partial charge in [-0.15, -0.1) is 24.0 Å². The number of aliphatic imine (C=N–C) groups is 1. The Morgan fingerprint density at radius 2 is 2.35 bits per heavy atom. The van der Waals surface area contributed by atoms with E-state index in [4.69, 9.17) is 4.42 Å². The molecule has 1 aliphatic heterocycles. The number of rotatable bonds is 5. The molecule has 2 rings (SSSR count). The van der Waals surface area contributed by atoms with Crippen LogP contribution in [0.5, 0.6) is 0 Å². The molecule has 20 heavy (non-hydrogen) atoms. The van der Waals surface area contributed by atoms with Gasteiger partial charge in [0.1, 0.15) is 12.3 Å². The fourth-order valence-corrected chi connectivity index (χ4v) is 3.39. The minimum atomic E-state index is 0. The Bertz CT molecular complexity index is 403. The second-order valence-corrected chi connectivity index (χ2v) is 6.71. The molecule has 6 heteroatoms. The van der Waals surface area contributed by atoms with E-state index >= 15 is 0 Å². The van der Waals surface area contributed by atoms with Gasteiger partial charge in [-0.05, 0) is 44.6 Å². The zero-order chi connectivity index (χ0) is 13.6. The Balaban J connectivity index is 0.00000200. The van der Waals surface area contributed by atoms with Crippen molar-refractivity contribution in [1.29, 1.82) is 0 Å². The maximum Gasteiger partial charge on any atom is 0.191 e. The van der Waals surface area contributed by atoms with Crippen LogP contribution in [0.15, 0.2) is 27.8 Å². The fourth-order valence-electron chi connectivity index (χ4n) is 2.15. The first kappa shape index (κ1) is 17.7. The topological polar surface area (TPSA) is 49.6 Å². The summed E-state index contributed by atoms with van der Waals surface area (Å²) in [4.78, 5) is 4.54. The van der Waals surface area contributed by atoms with Crippen molar-refractivity contribution >= 4 is 41.7 Å². The van der Waals surface area contributed by atoms with Crippen LogP contribution in [0, 0.1) is 0 Å². The maximum absolute atomic E-state index is 5.29. The molecule has 1 atom stereocenters. The van der Waals surface area contributed by atoms with Crippen LogP contribution in [-0.4, -0.2) is 29.5 Å². The molecule has 1 aromatic rings. The van der Waals surface area contributed by atoms with Crippen molar-refractivity contribution in [3.8, 4) is 0 Å². The van der Waals surface area contributed by atoms with Gasteiger partial charge in [0.05, 0.1) is 6.26 Å². The number of furan rings is 1. The zero-order valence-corrected chi connectivity index (χ0v) is 15.3. The highest BCUT2D eigenvalue weighted by molar-refractivity contribution is 14.0. The van der Waals surface area contributed by atoms with Gasteiger partial charge in [-0.1, -0.05) is 0 Å². The van der Waals surface area contributed by atoms with Gasteiger partial charge in [-0.25, -0.2) is 4.99 Å². The molecule has 1 aliphatic rings. The van der Waals surface area contributed by atoms with Gasteiger partial charge in [0.25, 0.3) is 0 Å². The van der Waals surface area contributed by atoms with Crippen LogP contribution in [0.2, 0.25) is 0 Å². The average Bonchev–Trinajstić information content (AvgIpc) is 3.05. The molecule has 0 amide bonds. The summed E-state index contributed by atoms with van der Waals surface area (Å²) in [5, 5.41) is 6.72. The fraction of sp³-hybridized carbons (Fsp3) is 0.643. The predicted molar refractivity (Wildman–Crippen MR) is 97.0 cm³/mol. The molecule has 4 nitrogen and oxygen atoms in total. The molecular formula is C14H24IN3OS. The molecule has 1 aromatic heterocycles.